The standard InChI is InChI=1S/C19H19NO3/c1-3-13-6-9-18(23-2)17(11-13)16(12-20)10-14-4-7-15(8-5-14)19(21)22/h4-9,11,16H,3,10H2,1-2H3,(H,21,22). The van der Waals surface area contributed by atoms with E-state index in [0.29, 0.717) is 12.2 Å². The molecule has 2 aromatic rings. The van der Waals surface area contributed by atoms with Crippen LogP contribution in [0.4, 0.5) is 0 Å². The molecule has 0 aromatic heterocycles. The van der Waals surface area contributed by atoms with Crippen molar-refractivity contribution in [1.82, 2.24) is 0 Å². The molecule has 2 rings (SSSR count). The van der Waals surface area contributed by atoms with Crippen LogP contribution in [0.2, 0.25) is 0 Å². The van der Waals surface area contributed by atoms with Crippen LogP contribution >= 0.6 is 0 Å². The molecule has 2 aromatic carbocycles. The van der Waals surface area contributed by atoms with E-state index in [2.05, 4.69) is 13.0 Å². The molecule has 0 aliphatic heterocycles. The first-order chi connectivity index (χ1) is 11.1. The number of hydrogen-bond donors (Lipinski definition) is 1. The highest BCUT2D eigenvalue weighted by Crippen LogP contribution is 2.30. The summed E-state index contributed by atoms with van der Waals surface area (Å²) in [6.45, 7) is 2.07. The summed E-state index contributed by atoms with van der Waals surface area (Å²) in [5.74, 6) is -0.589. The molecule has 0 saturated heterocycles. The predicted molar refractivity (Wildman–Crippen MR) is 87.8 cm³/mol. The second-order valence-corrected chi connectivity index (χ2v) is 5.32. The van der Waals surface area contributed by atoms with Gasteiger partial charge in [-0.2, -0.15) is 5.26 Å². The van der Waals surface area contributed by atoms with E-state index in [-0.39, 0.29) is 11.5 Å². The van der Waals surface area contributed by atoms with Gasteiger partial charge in [-0.1, -0.05) is 31.2 Å². The summed E-state index contributed by atoms with van der Waals surface area (Å²) in [6.07, 6.45) is 1.41. The summed E-state index contributed by atoms with van der Waals surface area (Å²) in [7, 11) is 1.60. The average molecular weight is 309 g/mol. The Hall–Kier alpha value is -2.80. The van der Waals surface area contributed by atoms with Crippen LogP contribution in [-0.2, 0) is 12.8 Å². The van der Waals surface area contributed by atoms with E-state index in [0.717, 1.165) is 23.1 Å². The van der Waals surface area contributed by atoms with Crippen LogP contribution in [0, 0.1) is 11.3 Å². The lowest BCUT2D eigenvalue weighted by Crippen LogP contribution is -2.04. The number of nitrogens with zero attached hydrogens (tertiary/aromatic N) is 1. The van der Waals surface area contributed by atoms with E-state index in [9.17, 15) is 10.1 Å². The Kier molecular flexibility index (Phi) is 5.37. The number of aromatic carboxylic acids is 1. The minimum Gasteiger partial charge on any atom is -0.496 e. The molecule has 0 aliphatic carbocycles. The van der Waals surface area contributed by atoms with E-state index in [1.54, 1.807) is 31.4 Å². The molecule has 0 radical (unpaired) electrons. The maximum atomic E-state index is 10.9. The molecule has 1 unspecified atom stereocenters. The fourth-order valence-electron chi connectivity index (χ4n) is 2.52. The second kappa shape index (κ2) is 7.46. The summed E-state index contributed by atoms with van der Waals surface area (Å²) in [5, 5.41) is 18.5. The first-order valence-corrected chi connectivity index (χ1v) is 7.47. The highest BCUT2D eigenvalue weighted by Gasteiger charge is 2.17. The first-order valence-electron chi connectivity index (χ1n) is 7.47. The van der Waals surface area contributed by atoms with Crippen LogP contribution in [0.25, 0.3) is 0 Å². The minimum atomic E-state index is -0.953. The van der Waals surface area contributed by atoms with Gasteiger partial charge in [0.05, 0.1) is 24.7 Å². The van der Waals surface area contributed by atoms with Gasteiger partial charge < -0.3 is 9.84 Å². The van der Waals surface area contributed by atoms with Crippen LogP contribution in [0.3, 0.4) is 0 Å². The van der Waals surface area contributed by atoms with Crippen LogP contribution in [0.15, 0.2) is 42.5 Å². The maximum Gasteiger partial charge on any atom is 0.335 e. The number of carboxylic acids is 1. The smallest absolute Gasteiger partial charge is 0.335 e. The third-order valence-electron chi connectivity index (χ3n) is 3.87. The molecule has 0 spiro atoms. The zero-order valence-corrected chi connectivity index (χ0v) is 13.2. The summed E-state index contributed by atoms with van der Waals surface area (Å²) >= 11 is 0. The van der Waals surface area contributed by atoms with E-state index < -0.39 is 5.97 Å². The molecule has 0 heterocycles. The number of carboxylic acid groups (broad SMARTS) is 1. The van der Waals surface area contributed by atoms with Crippen molar-refractivity contribution < 1.29 is 14.6 Å². The highest BCUT2D eigenvalue weighted by molar-refractivity contribution is 5.87. The van der Waals surface area contributed by atoms with Crippen LogP contribution < -0.4 is 4.74 Å². The molecule has 0 aliphatic rings. The van der Waals surface area contributed by atoms with Gasteiger partial charge in [0.25, 0.3) is 0 Å². The van der Waals surface area contributed by atoms with Crippen molar-refractivity contribution in [2.45, 2.75) is 25.7 Å². The Morgan fingerprint density at radius 1 is 1.22 bits per heavy atom. The zero-order valence-electron chi connectivity index (χ0n) is 13.2. The molecule has 4 heteroatoms. The lowest BCUT2D eigenvalue weighted by atomic mass is 9.90. The van der Waals surface area contributed by atoms with Crippen LogP contribution in [0.1, 0.15) is 39.9 Å². The molecule has 0 amide bonds. The van der Waals surface area contributed by atoms with Gasteiger partial charge in [-0.3, -0.25) is 0 Å². The van der Waals surface area contributed by atoms with E-state index in [4.69, 9.17) is 9.84 Å². The molecule has 0 bridgehead atoms. The fourth-order valence-corrected chi connectivity index (χ4v) is 2.52. The van der Waals surface area contributed by atoms with Crippen molar-refractivity contribution >= 4 is 5.97 Å². The van der Waals surface area contributed by atoms with Crippen molar-refractivity contribution in [2.24, 2.45) is 0 Å². The molecule has 4 nitrogen and oxygen atoms in total. The first kappa shape index (κ1) is 16.6. The van der Waals surface area contributed by atoms with Gasteiger partial charge >= 0.3 is 5.97 Å². The number of nitriles is 1. The largest absolute Gasteiger partial charge is 0.496 e. The monoisotopic (exact) mass is 309 g/mol. The number of aryl methyl sites for hydroxylation is 1. The van der Waals surface area contributed by atoms with Crippen molar-refractivity contribution in [1.29, 1.82) is 5.26 Å². The molecular formula is C19H19NO3. The fraction of sp³-hybridized carbons (Fsp3) is 0.263. The van der Waals surface area contributed by atoms with Crippen LogP contribution in [-0.4, -0.2) is 18.2 Å². The van der Waals surface area contributed by atoms with E-state index in [1.165, 1.54) is 0 Å². The minimum absolute atomic E-state index is 0.243. The van der Waals surface area contributed by atoms with Gasteiger partial charge in [-0.15, -0.1) is 0 Å². The Labute approximate surface area is 136 Å². The summed E-state index contributed by atoms with van der Waals surface area (Å²) in [5.41, 5.74) is 3.19. The molecule has 1 atom stereocenters. The molecule has 118 valence electrons. The summed E-state index contributed by atoms with van der Waals surface area (Å²) < 4.78 is 5.39. The van der Waals surface area contributed by atoms with Crippen LogP contribution in [0.5, 0.6) is 5.75 Å². The van der Waals surface area contributed by atoms with Gasteiger partial charge in [0.15, 0.2) is 0 Å². The lowest BCUT2D eigenvalue weighted by Gasteiger charge is -2.15. The summed E-state index contributed by atoms with van der Waals surface area (Å²) in [4.78, 5) is 10.9. The van der Waals surface area contributed by atoms with E-state index >= 15 is 0 Å². The van der Waals surface area contributed by atoms with Crippen molar-refractivity contribution in [3.8, 4) is 11.8 Å². The number of ether oxygens (including phenoxy) is 1. The molecular weight excluding hydrogens is 290 g/mol. The Bertz CT molecular complexity index is 729. The van der Waals surface area contributed by atoms with Crippen molar-refractivity contribution in [2.75, 3.05) is 7.11 Å². The third-order valence-corrected chi connectivity index (χ3v) is 3.87. The molecule has 1 N–H and O–H groups in total. The third kappa shape index (κ3) is 3.89. The Morgan fingerprint density at radius 2 is 1.87 bits per heavy atom. The quantitative estimate of drug-likeness (QED) is 0.881. The Balaban J connectivity index is 2.29. The Morgan fingerprint density at radius 3 is 2.39 bits per heavy atom. The second-order valence-electron chi connectivity index (χ2n) is 5.32. The predicted octanol–water partition coefficient (Wildman–Crippen LogP) is 3.81. The van der Waals surface area contributed by atoms with Gasteiger partial charge in [-0.25, -0.2) is 4.79 Å². The maximum absolute atomic E-state index is 10.9. The number of hydrogen-bond acceptors (Lipinski definition) is 3. The van der Waals surface area contributed by atoms with E-state index in [1.807, 2.05) is 18.2 Å². The van der Waals surface area contributed by atoms with Gasteiger partial charge in [0, 0.05) is 5.56 Å². The lowest BCUT2D eigenvalue weighted by molar-refractivity contribution is 0.0697. The normalized spacial score (nSPS) is 11.5. The van der Waals surface area contributed by atoms with Crippen molar-refractivity contribution in [3.05, 3.63) is 64.7 Å². The molecule has 0 fully saturated rings. The number of benzene rings is 2. The number of carbonyl (C=O) groups is 1. The van der Waals surface area contributed by atoms with Crippen molar-refractivity contribution in [3.63, 3.8) is 0 Å². The SMILES string of the molecule is CCc1ccc(OC)c(C(C#N)Cc2ccc(C(=O)O)cc2)c1. The number of methoxy groups -OCH3 is 1. The van der Waals surface area contributed by atoms with Gasteiger partial charge in [0.1, 0.15) is 5.75 Å². The molecule has 23 heavy (non-hydrogen) atoms. The van der Waals surface area contributed by atoms with Gasteiger partial charge in [-0.05, 0) is 42.2 Å². The molecule has 0 saturated carbocycles. The average Bonchev–Trinajstić information content (AvgIpc) is 2.59. The highest BCUT2D eigenvalue weighted by atomic mass is 16.5. The number of rotatable bonds is 6. The van der Waals surface area contributed by atoms with Gasteiger partial charge in [0.2, 0.25) is 0 Å². The topological polar surface area (TPSA) is 70.3 Å². The summed E-state index contributed by atoms with van der Waals surface area (Å²) in [6, 6.07) is 14.9. The zero-order chi connectivity index (χ0) is 16.8.